The van der Waals surface area contributed by atoms with Gasteiger partial charge in [0.1, 0.15) is 0 Å². The van der Waals surface area contributed by atoms with Crippen molar-refractivity contribution >= 4 is 5.96 Å². The smallest absolute Gasteiger partial charge is 0.191 e. The molecule has 2 heterocycles. The number of guanidine groups is 1. The second-order valence-corrected chi connectivity index (χ2v) is 5.12. The Morgan fingerprint density at radius 2 is 1.68 bits per heavy atom. The van der Waals surface area contributed by atoms with Crippen LogP contribution in [0.25, 0.3) is 0 Å². The van der Waals surface area contributed by atoms with Crippen LogP contribution in [-0.4, -0.2) is 92.8 Å². The molecule has 2 fully saturated rings. The van der Waals surface area contributed by atoms with Gasteiger partial charge in [-0.05, 0) is 6.54 Å². The zero-order chi connectivity index (χ0) is 13.5. The molecule has 0 atom stereocenters. The molecule has 6 nitrogen and oxygen atoms in total. The van der Waals surface area contributed by atoms with Gasteiger partial charge in [0.15, 0.2) is 5.96 Å². The van der Waals surface area contributed by atoms with Crippen LogP contribution >= 0.6 is 0 Å². The molecule has 0 aromatic carbocycles. The lowest BCUT2D eigenvalue weighted by Crippen LogP contribution is -2.47. The number of morpholine rings is 1. The van der Waals surface area contributed by atoms with E-state index in [9.17, 15) is 0 Å². The summed E-state index contributed by atoms with van der Waals surface area (Å²) in [5.41, 5.74) is 6.00. The van der Waals surface area contributed by atoms with Gasteiger partial charge in [0, 0.05) is 45.8 Å². The lowest BCUT2D eigenvalue weighted by Gasteiger charge is -2.33. The molecule has 2 rings (SSSR count). The van der Waals surface area contributed by atoms with E-state index in [0.717, 1.165) is 59.0 Å². The maximum absolute atomic E-state index is 6.00. The summed E-state index contributed by atoms with van der Waals surface area (Å²) in [5, 5.41) is 0. The van der Waals surface area contributed by atoms with Gasteiger partial charge in [-0.3, -0.25) is 9.89 Å². The Balaban J connectivity index is 1.65. The van der Waals surface area contributed by atoms with E-state index < -0.39 is 0 Å². The van der Waals surface area contributed by atoms with Crippen LogP contribution < -0.4 is 5.73 Å². The third kappa shape index (κ3) is 4.63. The van der Waals surface area contributed by atoms with Crippen molar-refractivity contribution in [2.75, 3.05) is 72.1 Å². The molecule has 0 spiro atoms. The first kappa shape index (κ1) is 14.6. The van der Waals surface area contributed by atoms with E-state index in [-0.39, 0.29) is 0 Å². The van der Waals surface area contributed by atoms with Gasteiger partial charge >= 0.3 is 0 Å². The topological polar surface area (TPSA) is 57.3 Å². The van der Waals surface area contributed by atoms with E-state index in [2.05, 4.69) is 26.6 Å². The van der Waals surface area contributed by atoms with Gasteiger partial charge in [-0.15, -0.1) is 0 Å². The number of rotatable bonds is 4. The second kappa shape index (κ2) is 7.67. The van der Waals surface area contributed by atoms with Crippen LogP contribution in [0.4, 0.5) is 0 Å². The number of piperazine rings is 1. The van der Waals surface area contributed by atoms with E-state index in [1.54, 1.807) is 0 Å². The summed E-state index contributed by atoms with van der Waals surface area (Å²) in [7, 11) is 0. The van der Waals surface area contributed by atoms with Gasteiger partial charge in [-0.25, -0.2) is 0 Å². The van der Waals surface area contributed by atoms with Crippen molar-refractivity contribution in [3.63, 3.8) is 0 Å². The molecule has 0 radical (unpaired) electrons. The molecule has 0 bridgehead atoms. The van der Waals surface area contributed by atoms with E-state index in [1.807, 2.05) is 0 Å². The zero-order valence-electron chi connectivity index (χ0n) is 12.1. The van der Waals surface area contributed by atoms with Crippen molar-refractivity contribution < 1.29 is 4.74 Å². The molecule has 0 aromatic heterocycles. The number of nitrogens with two attached hydrogens (primary N) is 1. The van der Waals surface area contributed by atoms with Crippen LogP contribution in [0, 0.1) is 0 Å². The molecule has 0 saturated carbocycles. The van der Waals surface area contributed by atoms with Crippen LogP contribution in [0.3, 0.4) is 0 Å². The SMILES string of the molecule is CCN1CCN(CCN=C(N)N2CCOCC2)CC1. The van der Waals surface area contributed by atoms with Crippen molar-refractivity contribution in [3.8, 4) is 0 Å². The lowest BCUT2D eigenvalue weighted by atomic mass is 10.3. The molecule has 0 amide bonds. The van der Waals surface area contributed by atoms with Crippen molar-refractivity contribution in [2.45, 2.75) is 6.92 Å². The Labute approximate surface area is 116 Å². The summed E-state index contributed by atoms with van der Waals surface area (Å²) in [6.45, 7) is 13.1. The van der Waals surface area contributed by atoms with Crippen LogP contribution in [0.2, 0.25) is 0 Å². The van der Waals surface area contributed by atoms with E-state index >= 15 is 0 Å². The molecule has 19 heavy (non-hydrogen) atoms. The maximum atomic E-state index is 6.00. The highest BCUT2D eigenvalue weighted by Crippen LogP contribution is 2.01. The number of aliphatic imine (C=N–C) groups is 1. The summed E-state index contributed by atoms with van der Waals surface area (Å²) in [4.78, 5) is 11.6. The standard InChI is InChI=1S/C13H27N5O/c1-2-16-5-7-17(8-6-16)4-3-15-13(14)18-9-11-19-12-10-18/h2-12H2,1H3,(H2,14,15). The van der Waals surface area contributed by atoms with Crippen LogP contribution in [0.5, 0.6) is 0 Å². The number of likely N-dealkylation sites (N-methyl/N-ethyl adjacent to an activating group) is 1. The predicted molar refractivity (Wildman–Crippen MR) is 77.4 cm³/mol. The first-order valence-electron chi connectivity index (χ1n) is 7.37. The van der Waals surface area contributed by atoms with Gasteiger partial charge in [0.2, 0.25) is 0 Å². The monoisotopic (exact) mass is 269 g/mol. The third-order valence-corrected chi connectivity index (χ3v) is 3.94. The van der Waals surface area contributed by atoms with E-state index in [1.165, 1.54) is 13.1 Å². The lowest BCUT2D eigenvalue weighted by molar-refractivity contribution is 0.0673. The zero-order valence-corrected chi connectivity index (χ0v) is 12.1. The summed E-state index contributed by atoms with van der Waals surface area (Å²) in [6, 6.07) is 0. The fraction of sp³-hybridized carbons (Fsp3) is 0.923. The summed E-state index contributed by atoms with van der Waals surface area (Å²) in [6.07, 6.45) is 0. The van der Waals surface area contributed by atoms with Gasteiger partial charge < -0.3 is 20.3 Å². The Bertz CT molecular complexity index is 283. The van der Waals surface area contributed by atoms with Crippen molar-refractivity contribution in [1.82, 2.24) is 14.7 Å². The highest BCUT2D eigenvalue weighted by molar-refractivity contribution is 5.78. The normalized spacial score (nSPS) is 23.8. The molecule has 2 saturated heterocycles. The Kier molecular flexibility index (Phi) is 5.88. The number of hydrogen-bond acceptors (Lipinski definition) is 4. The summed E-state index contributed by atoms with van der Waals surface area (Å²) < 4.78 is 5.31. The minimum absolute atomic E-state index is 0.676. The molecular weight excluding hydrogens is 242 g/mol. The van der Waals surface area contributed by atoms with Gasteiger partial charge in [0.25, 0.3) is 0 Å². The van der Waals surface area contributed by atoms with Crippen LogP contribution in [0.1, 0.15) is 6.92 Å². The molecule has 6 heteroatoms. The largest absolute Gasteiger partial charge is 0.378 e. The maximum Gasteiger partial charge on any atom is 0.191 e. The molecule has 2 N–H and O–H groups in total. The van der Waals surface area contributed by atoms with Crippen molar-refractivity contribution in [1.29, 1.82) is 0 Å². The average Bonchev–Trinajstić information content (AvgIpc) is 2.49. The Hall–Kier alpha value is -0.850. The van der Waals surface area contributed by atoms with Crippen LogP contribution in [-0.2, 0) is 4.74 Å². The Morgan fingerprint density at radius 1 is 1.05 bits per heavy atom. The predicted octanol–water partition coefficient (Wildman–Crippen LogP) is -0.729. The minimum atomic E-state index is 0.676. The van der Waals surface area contributed by atoms with Gasteiger partial charge in [-0.2, -0.15) is 0 Å². The van der Waals surface area contributed by atoms with Crippen molar-refractivity contribution in [2.24, 2.45) is 10.7 Å². The molecular formula is C13H27N5O. The highest BCUT2D eigenvalue weighted by Gasteiger charge is 2.15. The second-order valence-electron chi connectivity index (χ2n) is 5.12. The number of hydrogen-bond donors (Lipinski definition) is 1. The molecule has 2 aliphatic rings. The van der Waals surface area contributed by atoms with Crippen molar-refractivity contribution in [3.05, 3.63) is 0 Å². The van der Waals surface area contributed by atoms with Crippen LogP contribution in [0.15, 0.2) is 4.99 Å². The molecule has 110 valence electrons. The molecule has 0 aromatic rings. The summed E-state index contributed by atoms with van der Waals surface area (Å²) >= 11 is 0. The number of nitrogens with zero attached hydrogens (tertiary/aromatic N) is 4. The minimum Gasteiger partial charge on any atom is -0.378 e. The fourth-order valence-electron chi connectivity index (χ4n) is 2.53. The Morgan fingerprint density at radius 3 is 2.32 bits per heavy atom. The first-order chi connectivity index (χ1) is 9.29. The molecule has 2 aliphatic heterocycles. The van der Waals surface area contributed by atoms with Gasteiger partial charge in [0.05, 0.1) is 19.8 Å². The van der Waals surface area contributed by atoms with E-state index in [0.29, 0.717) is 5.96 Å². The summed E-state index contributed by atoms with van der Waals surface area (Å²) in [5.74, 6) is 0.676. The quantitative estimate of drug-likeness (QED) is 0.539. The molecule has 0 aliphatic carbocycles. The van der Waals surface area contributed by atoms with Gasteiger partial charge in [-0.1, -0.05) is 6.92 Å². The highest BCUT2D eigenvalue weighted by atomic mass is 16.5. The number of ether oxygens (including phenoxy) is 1. The average molecular weight is 269 g/mol. The van der Waals surface area contributed by atoms with E-state index in [4.69, 9.17) is 10.5 Å². The fourth-order valence-corrected chi connectivity index (χ4v) is 2.53. The third-order valence-electron chi connectivity index (χ3n) is 3.94. The molecule has 0 unspecified atom stereocenters. The first-order valence-corrected chi connectivity index (χ1v) is 7.37.